The maximum Gasteiger partial charge on any atom is 0.135 e. The number of benzene rings is 4. The van der Waals surface area contributed by atoms with E-state index in [1.807, 2.05) is 44.2 Å². The molecule has 0 spiro atoms. The molecule has 0 amide bonds. The van der Waals surface area contributed by atoms with Crippen molar-refractivity contribution in [2.75, 3.05) is 16.8 Å². The normalized spacial score (nSPS) is 13.3. The molecule has 4 aromatic carbocycles. The number of rotatable bonds is 5. The van der Waals surface area contributed by atoms with Crippen LogP contribution in [-0.4, -0.2) is 21.6 Å². The third-order valence-corrected chi connectivity index (χ3v) is 10.4. The number of ether oxygens (including phenoxy) is 1. The molecule has 0 atom stereocenters. The summed E-state index contributed by atoms with van der Waals surface area (Å²) in [5.74, 6) is 1.76. The van der Waals surface area contributed by atoms with Crippen LogP contribution >= 0.6 is 0 Å². The van der Waals surface area contributed by atoms with E-state index in [0.29, 0.717) is 11.6 Å². The fourth-order valence-electron chi connectivity index (χ4n) is 7.18. The molecule has 7 heteroatoms. The van der Waals surface area contributed by atoms with Gasteiger partial charge in [-0.1, -0.05) is 110 Å². The topological polar surface area (TPSA) is 46.4 Å². The minimum atomic E-state index is -0.0426. The fraction of sp³-hybridized carbons (Fsp3) is 0.271. The summed E-state index contributed by atoms with van der Waals surface area (Å²) in [6.45, 7) is 22.5. The first-order valence-corrected chi connectivity index (χ1v) is 18.7. The maximum atomic E-state index is 6.44. The molecule has 284 valence electrons. The van der Waals surface area contributed by atoms with E-state index in [0.717, 1.165) is 44.7 Å². The van der Waals surface area contributed by atoms with E-state index in [1.54, 1.807) is 6.20 Å². The number of para-hydroxylation sites is 2. The van der Waals surface area contributed by atoms with Crippen LogP contribution in [0.15, 0.2) is 103 Å². The molecule has 0 saturated heterocycles. The zero-order valence-electron chi connectivity index (χ0n) is 33.4. The summed E-state index contributed by atoms with van der Waals surface area (Å²) in [6.07, 6.45) is 3.66. The third kappa shape index (κ3) is 7.30. The first kappa shape index (κ1) is 38.3. The molecule has 6 nitrogen and oxygen atoms in total. The van der Waals surface area contributed by atoms with Crippen LogP contribution in [0.4, 0.5) is 17.1 Å². The summed E-state index contributed by atoms with van der Waals surface area (Å²) in [5, 5.41) is 2.20. The Kier molecular flexibility index (Phi) is 9.74. The van der Waals surface area contributed by atoms with Crippen molar-refractivity contribution in [3.8, 4) is 28.6 Å². The van der Waals surface area contributed by atoms with Crippen molar-refractivity contribution in [3.63, 3.8) is 0 Å². The summed E-state index contributed by atoms with van der Waals surface area (Å²) in [6, 6.07) is 39.5. The molecular formula is C48H48N5OPt-3. The molecule has 4 heterocycles. The number of nitrogens with zero attached hydrogens (tertiary/aromatic N) is 5. The van der Waals surface area contributed by atoms with Gasteiger partial charge in [-0.15, -0.1) is 17.5 Å². The van der Waals surface area contributed by atoms with Crippen molar-refractivity contribution in [2.45, 2.75) is 78.6 Å². The SMILES string of the molecule is CN1[CH-]N(c2[c-]c(Oc3[c-]c4c(cc3)c3cc(-c5cc(C(C)(C)C)cc(C(C)(C)C)c5)ccc3n4-c3cc(C(C)(C)C)ccn3)ncc2)c2ccccc21.[Pt]. The Balaban J connectivity index is 0.00000465. The molecule has 1 aliphatic heterocycles. The summed E-state index contributed by atoms with van der Waals surface area (Å²) in [7, 11) is 2.04. The smallest absolute Gasteiger partial charge is 0.135 e. The van der Waals surface area contributed by atoms with Crippen LogP contribution in [0.1, 0.15) is 79.0 Å². The van der Waals surface area contributed by atoms with Gasteiger partial charge in [-0.3, -0.25) is 4.98 Å². The predicted octanol–water partition coefficient (Wildman–Crippen LogP) is 12.2. The van der Waals surface area contributed by atoms with Gasteiger partial charge in [0, 0.05) is 49.9 Å². The number of hydrogen-bond acceptors (Lipinski definition) is 5. The Morgan fingerprint density at radius 2 is 1.29 bits per heavy atom. The van der Waals surface area contributed by atoms with Crippen LogP contribution in [0.3, 0.4) is 0 Å². The molecular weight excluding hydrogens is 858 g/mol. The standard InChI is InChI=1S/C48H48N5O.Pt/c1-46(2,3)33-19-21-49-44(27-33)53-40-18-15-31(32-23-34(47(4,5)6)26-35(24-32)48(7,8)9)25-39(40)38-17-16-37(29-43(38)53)54-45-28-36(20-22-50-45)52-30-51(10)41-13-11-12-14-42(41)52;/h11-27,30H,1-10H3;/q-3;. The van der Waals surface area contributed by atoms with E-state index < -0.39 is 0 Å². The zero-order valence-corrected chi connectivity index (χ0v) is 35.6. The van der Waals surface area contributed by atoms with Crippen LogP contribution in [0, 0.1) is 18.8 Å². The van der Waals surface area contributed by atoms with Gasteiger partial charge in [0.25, 0.3) is 0 Å². The Hall–Kier alpha value is -4.93. The fourth-order valence-corrected chi connectivity index (χ4v) is 7.18. The molecule has 7 aromatic rings. The minimum absolute atomic E-state index is 0. The Bertz CT molecular complexity index is 2520. The number of fused-ring (bicyclic) bond motifs is 4. The number of hydrogen-bond donors (Lipinski definition) is 0. The summed E-state index contributed by atoms with van der Waals surface area (Å²) in [5.41, 5.74) is 11.3. The van der Waals surface area contributed by atoms with E-state index in [4.69, 9.17) is 9.72 Å². The van der Waals surface area contributed by atoms with Crippen molar-refractivity contribution < 1.29 is 25.8 Å². The van der Waals surface area contributed by atoms with Crippen LogP contribution in [-0.2, 0) is 37.3 Å². The maximum absolute atomic E-state index is 6.44. The summed E-state index contributed by atoms with van der Waals surface area (Å²) in [4.78, 5) is 13.7. The number of aromatic nitrogens is 3. The minimum Gasteiger partial charge on any atom is -0.504 e. The monoisotopic (exact) mass is 905 g/mol. The van der Waals surface area contributed by atoms with E-state index in [1.165, 1.54) is 27.8 Å². The van der Waals surface area contributed by atoms with Gasteiger partial charge >= 0.3 is 0 Å². The molecule has 3 aromatic heterocycles. The largest absolute Gasteiger partial charge is 0.504 e. The van der Waals surface area contributed by atoms with Crippen LogP contribution < -0.4 is 14.5 Å². The quantitative estimate of drug-likeness (QED) is 0.161. The molecule has 0 fully saturated rings. The molecule has 0 aliphatic carbocycles. The second kappa shape index (κ2) is 14.0. The predicted molar refractivity (Wildman–Crippen MR) is 223 cm³/mol. The molecule has 55 heavy (non-hydrogen) atoms. The second-order valence-corrected chi connectivity index (χ2v) is 17.6. The summed E-state index contributed by atoms with van der Waals surface area (Å²) < 4.78 is 8.65. The van der Waals surface area contributed by atoms with Gasteiger partial charge in [-0.05, 0) is 93.0 Å². The molecule has 0 bridgehead atoms. The Morgan fingerprint density at radius 1 is 0.618 bits per heavy atom. The van der Waals surface area contributed by atoms with Gasteiger partial charge < -0.3 is 19.1 Å². The molecule has 8 rings (SSSR count). The number of pyridine rings is 2. The third-order valence-electron chi connectivity index (χ3n) is 10.4. The molecule has 0 unspecified atom stereocenters. The first-order valence-electron chi connectivity index (χ1n) is 18.7. The Labute approximate surface area is 340 Å². The average Bonchev–Trinajstić information content (AvgIpc) is 3.64. The Morgan fingerprint density at radius 3 is 1.98 bits per heavy atom. The van der Waals surface area contributed by atoms with Crippen LogP contribution in [0.5, 0.6) is 11.6 Å². The van der Waals surface area contributed by atoms with E-state index in [9.17, 15) is 0 Å². The average molecular weight is 906 g/mol. The second-order valence-electron chi connectivity index (χ2n) is 17.6. The van der Waals surface area contributed by atoms with E-state index in [-0.39, 0.29) is 37.3 Å². The van der Waals surface area contributed by atoms with Gasteiger partial charge in [0.15, 0.2) is 0 Å². The van der Waals surface area contributed by atoms with Crippen molar-refractivity contribution >= 4 is 38.9 Å². The van der Waals surface area contributed by atoms with Crippen molar-refractivity contribution in [1.29, 1.82) is 0 Å². The van der Waals surface area contributed by atoms with Gasteiger partial charge in [0.2, 0.25) is 0 Å². The van der Waals surface area contributed by atoms with Crippen LogP contribution in [0.2, 0.25) is 0 Å². The van der Waals surface area contributed by atoms with E-state index >= 15 is 0 Å². The van der Waals surface area contributed by atoms with Crippen molar-refractivity contribution in [3.05, 3.63) is 139 Å². The number of anilines is 3. The van der Waals surface area contributed by atoms with Gasteiger partial charge in [-0.25, -0.2) is 4.98 Å². The zero-order chi connectivity index (χ0) is 38.2. The van der Waals surface area contributed by atoms with Gasteiger partial charge in [0.1, 0.15) is 11.7 Å². The molecule has 0 saturated carbocycles. The van der Waals surface area contributed by atoms with Crippen LogP contribution in [0.25, 0.3) is 38.8 Å². The molecule has 1 aliphatic rings. The molecule has 0 N–H and O–H groups in total. The summed E-state index contributed by atoms with van der Waals surface area (Å²) >= 11 is 0. The first-order chi connectivity index (χ1) is 25.5. The molecule has 0 radical (unpaired) electrons. The van der Waals surface area contributed by atoms with Gasteiger partial charge in [0.05, 0.1) is 0 Å². The van der Waals surface area contributed by atoms with E-state index in [2.05, 4.69) is 161 Å². The van der Waals surface area contributed by atoms with Crippen molar-refractivity contribution in [1.82, 2.24) is 14.5 Å². The van der Waals surface area contributed by atoms with Gasteiger partial charge in [-0.2, -0.15) is 30.6 Å². The van der Waals surface area contributed by atoms with Crippen molar-refractivity contribution in [2.24, 2.45) is 0 Å².